The quantitative estimate of drug-likeness (QED) is 0.761. The molecule has 110 valence electrons. The van der Waals surface area contributed by atoms with Crippen LogP contribution in [-0.2, 0) is 9.53 Å². The summed E-state index contributed by atoms with van der Waals surface area (Å²) in [7, 11) is 1.24. The number of hydrogen-bond acceptors (Lipinski definition) is 6. The maximum atomic E-state index is 11.4. The molecule has 1 aromatic heterocycles. The first-order valence-corrected chi connectivity index (χ1v) is 6.26. The summed E-state index contributed by atoms with van der Waals surface area (Å²) in [6.45, 7) is 5.56. The van der Waals surface area contributed by atoms with E-state index >= 15 is 0 Å². The number of nitrogens with one attached hydrogen (secondary N) is 1. The van der Waals surface area contributed by atoms with Gasteiger partial charge in [-0.05, 0) is 19.3 Å². The largest absolute Gasteiger partial charge is 0.480 e. The predicted molar refractivity (Wildman–Crippen MR) is 72.6 cm³/mol. The average molecular weight is 281 g/mol. The van der Waals surface area contributed by atoms with E-state index in [1.54, 1.807) is 13.0 Å². The molecule has 1 atom stereocenters. The number of carboxylic acids is 1. The second-order valence-corrected chi connectivity index (χ2v) is 4.87. The smallest absolute Gasteiger partial charge is 0.376 e. The third kappa shape index (κ3) is 4.49. The monoisotopic (exact) mass is 281 g/mol. The number of carboxylic acid groups (broad SMARTS) is 1. The molecule has 7 nitrogen and oxygen atoms in total. The van der Waals surface area contributed by atoms with Crippen LogP contribution in [0.1, 0.15) is 36.6 Å². The number of esters is 1. The average Bonchev–Trinajstić information content (AvgIpc) is 2.35. The molecular formula is C13H19N3O4. The molecule has 1 rings (SSSR count). The molecule has 0 bridgehead atoms. The second kappa shape index (κ2) is 6.83. The zero-order valence-electron chi connectivity index (χ0n) is 12.0. The fraction of sp³-hybridized carbons (Fsp3) is 0.538. The Morgan fingerprint density at radius 2 is 2.05 bits per heavy atom. The van der Waals surface area contributed by atoms with E-state index in [1.807, 2.05) is 13.8 Å². The Morgan fingerprint density at radius 1 is 1.40 bits per heavy atom. The Kier molecular flexibility index (Phi) is 5.42. The van der Waals surface area contributed by atoms with Gasteiger partial charge in [0, 0.05) is 11.8 Å². The van der Waals surface area contributed by atoms with Gasteiger partial charge in [0.2, 0.25) is 5.82 Å². The Balaban J connectivity index is 2.97. The summed E-state index contributed by atoms with van der Waals surface area (Å²) in [6.07, 6.45) is 0.450. The number of nitrogens with zero attached hydrogens (tertiary/aromatic N) is 2. The van der Waals surface area contributed by atoms with Gasteiger partial charge < -0.3 is 15.2 Å². The number of carbonyl (C=O) groups excluding carboxylic acids is 1. The highest BCUT2D eigenvalue weighted by molar-refractivity contribution is 5.85. The van der Waals surface area contributed by atoms with Gasteiger partial charge in [-0.15, -0.1) is 0 Å². The molecule has 1 unspecified atom stereocenters. The number of aromatic nitrogens is 2. The van der Waals surface area contributed by atoms with Crippen LogP contribution in [0.2, 0.25) is 0 Å². The van der Waals surface area contributed by atoms with Gasteiger partial charge in [-0.25, -0.2) is 19.6 Å². The van der Waals surface area contributed by atoms with Crippen molar-refractivity contribution in [3.8, 4) is 0 Å². The van der Waals surface area contributed by atoms with Crippen molar-refractivity contribution in [2.24, 2.45) is 5.92 Å². The van der Waals surface area contributed by atoms with E-state index in [-0.39, 0.29) is 11.7 Å². The third-order valence-corrected chi connectivity index (χ3v) is 2.55. The first-order valence-electron chi connectivity index (χ1n) is 6.26. The van der Waals surface area contributed by atoms with Crippen LogP contribution >= 0.6 is 0 Å². The summed E-state index contributed by atoms with van der Waals surface area (Å²) in [5, 5.41) is 12.0. The molecule has 0 saturated carbocycles. The number of aliphatic carboxylic acids is 1. The van der Waals surface area contributed by atoms with Crippen LogP contribution in [0.5, 0.6) is 0 Å². The lowest BCUT2D eigenvalue weighted by atomic mass is 10.0. The zero-order chi connectivity index (χ0) is 15.3. The maximum Gasteiger partial charge on any atom is 0.376 e. The highest BCUT2D eigenvalue weighted by Crippen LogP contribution is 2.13. The van der Waals surface area contributed by atoms with Crippen LogP contribution in [-0.4, -0.2) is 40.2 Å². The molecule has 0 aliphatic carbocycles. The minimum absolute atomic E-state index is 0.0938. The van der Waals surface area contributed by atoms with Crippen LogP contribution in [0.15, 0.2) is 6.07 Å². The zero-order valence-corrected chi connectivity index (χ0v) is 12.0. The van der Waals surface area contributed by atoms with Crippen molar-refractivity contribution >= 4 is 17.8 Å². The Morgan fingerprint density at radius 3 is 2.55 bits per heavy atom. The van der Waals surface area contributed by atoms with E-state index in [9.17, 15) is 14.7 Å². The summed E-state index contributed by atoms with van der Waals surface area (Å²) in [4.78, 5) is 30.5. The molecule has 0 aliphatic heterocycles. The SMILES string of the molecule is COC(=O)c1nc(C)cc(NC(CC(C)C)C(=O)O)n1. The number of carbonyl (C=O) groups is 2. The topological polar surface area (TPSA) is 101 Å². The van der Waals surface area contributed by atoms with Gasteiger partial charge in [-0.2, -0.15) is 0 Å². The van der Waals surface area contributed by atoms with Crippen LogP contribution in [0.4, 0.5) is 5.82 Å². The van der Waals surface area contributed by atoms with Gasteiger partial charge in [0.25, 0.3) is 0 Å². The number of hydrogen-bond donors (Lipinski definition) is 2. The number of rotatable bonds is 6. The van der Waals surface area contributed by atoms with Crippen molar-refractivity contribution in [1.82, 2.24) is 9.97 Å². The molecule has 0 amide bonds. The Hall–Kier alpha value is -2.18. The van der Waals surface area contributed by atoms with E-state index in [0.717, 1.165) is 0 Å². The van der Waals surface area contributed by atoms with Gasteiger partial charge in [-0.3, -0.25) is 0 Å². The van der Waals surface area contributed by atoms with Crippen LogP contribution in [0.25, 0.3) is 0 Å². The molecule has 0 radical (unpaired) electrons. The van der Waals surface area contributed by atoms with E-state index < -0.39 is 18.0 Å². The van der Waals surface area contributed by atoms with E-state index in [2.05, 4.69) is 20.0 Å². The van der Waals surface area contributed by atoms with E-state index in [4.69, 9.17) is 0 Å². The summed E-state index contributed by atoms with van der Waals surface area (Å²) < 4.78 is 4.56. The van der Waals surface area contributed by atoms with Crippen molar-refractivity contribution in [3.63, 3.8) is 0 Å². The molecule has 0 fully saturated rings. The number of anilines is 1. The molecule has 1 heterocycles. The number of ether oxygens (including phenoxy) is 1. The molecule has 1 aromatic rings. The fourth-order valence-corrected chi connectivity index (χ4v) is 1.70. The molecular weight excluding hydrogens is 262 g/mol. The standard InChI is InChI=1S/C13H19N3O4/c1-7(2)5-9(12(17)18)15-10-6-8(3)14-11(16-10)13(19)20-4/h6-7,9H,5H2,1-4H3,(H,17,18)(H,14,15,16). The normalized spacial score (nSPS) is 12.1. The molecule has 0 aliphatic rings. The first kappa shape index (κ1) is 15.9. The predicted octanol–water partition coefficient (Wildman–Crippen LogP) is 1.48. The van der Waals surface area contributed by atoms with E-state index in [0.29, 0.717) is 17.9 Å². The van der Waals surface area contributed by atoms with Crippen molar-refractivity contribution in [3.05, 3.63) is 17.6 Å². The number of methoxy groups -OCH3 is 1. The summed E-state index contributed by atoms with van der Waals surface area (Å²) in [5.41, 5.74) is 0.552. The highest BCUT2D eigenvalue weighted by Gasteiger charge is 2.20. The second-order valence-electron chi connectivity index (χ2n) is 4.87. The van der Waals surface area contributed by atoms with Gasteiger partial charge >= 0.3 is 11.9 Å². The first-order chi connectivity index (χ1) is 9.33. The molecule has 0 spiro atoms. The lowest BCUT2D eigenvalue weighted by Gasteiger charge is -2.17. The lowest BCUT2D eigenvalue weighted by Crippen LogP contribution is -2.31. The highest BCUT2D eigenvalue weighted by atomic mass is 16.5. The van der Waals surface area contributed by atoms with Crippen molar-refractivity contribution in [1.29, 1.82) is 0 Å². The summed E-state index contributed by atoms with van der Waals surface area (Å²) in [5.74, 6) is -1.21. The fourth-order valence-electron chi connectivity index (χ4n) is 1.70. The van der Waals surface area contributed by atoms with Crippen LogP contribution in [0.3, 0.4) is 0 Å². The van der Waals surface area contributed by atoms with Crippen LogP contribution in [0, 0.1) is 12.8 Å². The van der Waals surface area contributed by atoms with Crippen LogP contribution < -0.4 is 5.32 Å². The third-order valence-electron chi connectivity index (χ3n) is 2.55. The summed E-state index contributed by atoms with van der Waals surface area (Å²) >= 11 is 0. The van der Waals surface area contributed by atoms with Gasteiger partial charge in [0.1, 0.15) is 11.9 Å². The molecule has 2 N–H and O–H groups in total. The van der Waals surface area contributed by atoms with Gasteiger partial charge in [-0.1, -0.05) is 13.8 Å². The maximum absolute atomic E-state index is 11.4. The molecule has 7 heteroatoms. The minimum atomic E-state index is -0.963. The Bertz CT molecular complexity index is 502. The lowest BCUT2D eigenvalue weighted by molar-refractivity contribution is -0.138. The molecule has 0 aromatic carbocycles. The van der Waals surface area contributed by atoms with E-state index in [1.165, 1.54) is 7.11 Å². The van der Waals surface area contributed by atoms with Gasteiger partial charge in [0.05, 0.1) is 7.11 Å². The van der Waals surface area contributed by atoms with Crippen molar-refractivity contribution in [2.45, 2.75) is 33.2 Å². The minimum Gasteiger partial charge on any atom is -0.480 e. The summed E-state index contributed by atoms with van der Waals surface area (Å²) in [6, 6.07) is 0.817. The Labute approximate surface area is 117 Å². The number of aryl methyl sites for hydroxylation is 1. The molecule has 20 heavy (non-hydrogen) atoms. The van der Waals surface area contributed by atoms with Gasteiger partial charge in [0.15, 0.2) is 0 Å². The molecule has 0 saturated heterocycles. The van der Waals surface area contributed by atoms with Crippen molar-refractivity contribution < 1.29 is 19.4 Å². The van der Waals surface area contributed by atoms with Crippen molar-refractivity contribution in [2.75, 3.05) is 12.4 Å².